The van der Waals surface area contributed by atoms with Crippen molar-refractivity contribution in [2.75, 3.05) is 18.6 Å². The molecule has 0 saturated heterocycles. The zero-order valence-corrected chi connectivity index (χ0v) is 17.7. The van der Waals surface area contributed by atoms with Gasteiger partial charge in [-0.05, 0) is 55.9 Å². The van der Waals surface area contributed by atoms with Crippen molar-refractivity contribution in [3.8, 4) is 5.75 Å². The molecule has 0 bridgehead atoms. The van der Waals surface area contributed by atoms with Gasteiger partial charge in [-0.15, -0.1) is 0 Å². The van der Waals surface area contributed by atoms with Gasteiger partial charge < -0.3 is 20.1 Å². The van der Waals surface area contributed by atoms with Crippen molar-refractivity contribution >= 4 is 30.6 Å². The maximum absolute atomic E-state index is 12.6. The van der Waals surface area contributed by atoms with Crippen LogP contribution in [0, 0.1) is 5.92 Å². The second-order valence-corrected chi connectivity index (χ2v) is 9.17. The van der Waals surface area contributed by atoms with Gasteiger partial charge >= 0.3 is 13.1 Å². The zero-order valence-electron chi connectivity index (χ0n) is 16.9. The maximum atomic E-state index is 12.6. The number of carboxylic acid groups (broad SMARTS) is 1. The molecule has 0 aromatic heterocycles. The number of para-hydroxylation sites is 1. The molecule has 1 fully saturated rings. The average Bonchev–Trinajstić information content (AvgIpc) is 2.69. The topological polar surface area (TPSA) is 95.9 Å². The first-order valence-corrected chi connectivity index (χ1v) is 11.8. The average molecular weight is 419 g/mol. The number of hydrogen-bond donors (Lipinski definition) is 3. The summed E-state index contributed by atoms with van der Waals surface area (Å²) in [6, 6.07) is 5.51. The minimum atomic E-state index is -1.15. The minimum Gasteiger partial charge on any atom is -0.535 e. The summed E-state index contributed by atoms with van der Waals surface area (Å²) in [6.45, 7) is 1.04. The molecule has 3 rings (SSSR count). The summed E-state index contributed by atoms with van der Waals surface area (Å²) >= 11 is 1.85. The standard InChI is InChI=1S/C21H30BNO5S/c1-29-10-9-23-17-7-5-14(6-8-17)11-18(24)13-16-12-15-3-2-4-19(21(25)26)20(15)28-22(16)27/h2-4,14,16-17,23,27H,5-13H2,1H3,(H,25,26)/t14?,16-,17?/m1/s1. The summed E-state index contributed by atoms with van der Waals surface area (Å²) in [5.74, 6) is 0.526. The van der Waals surface area contributed by atoms with Gasteiger partial charge in [-0.1, -0.05) is 12.1 Å². The molecule has 0 unspecified atom stereocenters. The van der Waals surface area contributed by atoms with Gasteiger partial charge in [0.2, 0.25) is 0 Å². The van der Waals surface area contributed by atoms with Crippen LogP contribution in [0.3, 0.4) is 0 Å². The highest BCUT2D eigenvalue weighted by Gasteiger charge is 2.38. The number of benzene rings is 1. The van der Waals surface area contributed by atoms with E-state index in [0.717, 1.165) is 43.5 Å². The van der Waals surface area contributed by atoms with Crippen molar-refractivity contribution in [3.05, 3.63) is 29.3 Å². The minimum absolute atomic E-state index is 0.0502. The first-order valence-electron chi connectivity index (χ1n) is 10.4. The Morgan fingerprint density at radius 3 is 2.69 bits per heavy atom. The fourth-order valence-corrected chi connectivity index (χ4v) is 4.78. The number of Topliss-reactive ketones (excluding diaryl/α,β-unsaturated/α-hetero) is 1. The largest absolute Gasteiger partial charge is 0.535 e. The monoisotopic (exact) mass is 419 g/mol. The molecular formula is C21H30BNO5S. The molecule has 6 nitrogen and oxygen atoms in total. The van der Waals surface area contributed by atoms with E-state index in [2.05, 4.69) is 11.6 Å². The van der Waals surface area contributed by atoms with Crippen LogP contribution in [0.5, 0.6) is 5.75 Å². The number of carbonyl (C=O) groups excluding carboxylic acids is 1. The van der Waals surface area contributed by atoms with Gasteiger partial charge in [0.1, 0.15) is 11.5 Å². The highest BCUT2D eigenvalue weighted by molar-refractivity contribution is 7.98. The molecule has 1 aliphatic heterocycles. The Morgan fingerprint density at radius 2 is 2.00 bits per heavy atom. The molecule has 8 heteroatoms. The number of carbonyl (C=O) groups is 2. The molecule has 0 amide bonds. The predicted octanol–water partition coefficient (Wildman–Crippen LogP) is 3.03. The summed E-state index contributed by atoms with van der Waals surface area (Å²) in [5.41, 5.74) is 0.791. The molecule has 1 saturated carbocycles. The second-order valence-electron chi connectivity index (χ2n) is 8.18. The van der Waals surface area contributed by atoms with Crippen molar-refractivity contribution in [2.45, 2.75) is 56.8 Å². The van der Waals surface area contributed by atoms with Crippen molar-refractivity contribution in [1.82, 2.24) is 5.32 Å². The predicted molar refractivity (Wildman–Crippen MR) is 116 cm³/mol. The third-order valence-electron chi connectivity index (χ3n) is 6.04. The third kappa shape index (κ3) is 5.99. The van der Waals surface area contributed by atoms with Crippen molar-refractivity contribution in [3.63, 3.8) is 0 Å². The molecular weight excluding hydrogens is 389 g/mol. The summed E-state index contributed by atoms with van der Waals surface area (Å²) in [5, 5.41) is 23.2. The van der Waals surface area contributed by atoms with Gasteiger partial charge in [-0.2, -0.15) is 11.8 Å². The van der Waals surface area contributed by atoms with Crippen LogP contribution in [0.4, 0.5) is 0 Å². The number of thioether (sulfide) groups is 1. The van der Waals surface area contributed by atoms with E-state index in [-0.39, 0.29) is 29.3 Å². The SMILES string of the molecule is CSCCNC1CCC(CC(=O)C[C@H]2Cc3cccc(C(=O)O)c3OB2O)CC1. The Balaban J connectivity index is 1.48. The summed E-state index contributed by atoms with van der Waals surface area (Å²) in [7, 11) is -1.15. The van der Waals surface area contributed by atoms with E-state index in [4.69, 9.17) is 4.65 Å². The van der Waals surface area contributed by atoms with E-state index < -0.39 is 13.1 Å². The number of carboxylic acids is 1. The van der Waals surface area contributed by atoms with Crippen molar-refractivity contribution in [2.24, 2.45) is 5.92 Å². The van der Waals surface area contributed by atoms with Crippen LogP contribution >= 0.6 is 11.8 Å². The molecule has 2 aliphatic rings. The summed E-state index contributed by atoms with van der Waals surface area (Å²) in [4.78, 5) is 24.0. The normalized spacial score (nSPS) is 23.9. The summed E-state index contributed by atoms with van der Waals surface area (Å²) < 4.78 is 5.50. The Labute approximate surface area is 176 Å². The number of aromatic carboxylic acids is 1. The molecule has 3 N–H and O–H groups in total. The first-order chi connectivity index (χ1) is 14.0. The fraction of sp³-hybridized carbons (Fsp3) is 0.619. The van der Waals surface area contributed by atoms with Gasteiger partial charge in [-0.3, -0.25) is 4.79 Å². The highest BCUT2D eigenvalue weighted by Crippen LogP contribution is 2.37. The van der Waals surface area contributed by atoms with Crippen LogP contribution < -0.4 is 9.97 Å². The molecule has 0 spiro atoms. The van der Waals surface area contributed by atoms with E-state index in [0.29, 0.717) is 24.8 Å². The number of rotatable bonds is 9. The van der Waals surface area contributed by atoms with Gasteiger partial charge in [0.25, 0.3) is 0 Å². The second kappa shape index (κ2) is 10.5. The van der Waals surface area contributed by atoms with Crippen molar-refractivity contribution < 1.29 is 24.4 Å². The fourth-order valence-electron chi connectivity index (χ4n) is 4.46. The lowest BCUT2D eigenvalue weighted by molar-refractivity contribution is -0.120. The number of hydrogen-bond acceptors (Lipinski definition) is 6. The van der Waals surface area contributed by atoms with Crippen LogP contribution in [0.2, 0.25) is 5.82 Å². The van der Waals surface area contributed by atoms with Crippen LogP contribution in [0.1, 0.15) is 54.4 Å². The Kier molecular flexibility index (Phi) is 8.03. The van der Waals surface area contributed by atoms with E-state index in [9.17, 15) is 19.7 Å². The lowest BCUT2D eigenvalue weighted by atomic mass is 9.64. The zero-order chi connectivity index (χ0) is 20.8. The van der Waals surface area contributed by atoms with Crippen LogP contribution in [-0.4, -0.2) is 53.6 Å². The van der Waals surface area contributed by atoms with E-state index >= 15 is 0 Å². The maximum Gasteiger partial charge on any atom is 0.526 e. The van der Waals surface area contributed by atoms with Gasteiger partial charge in [0, 0.05) is 37.0 Å². The lowest BCUT2D eigenvalue weighted by Crippen LogP contribution is -2.36. The molecule has 29 heavy (non-hydrogen) atoms. The summed E-state index contributed by atoms with van der Waals surface area (Å²) in [6.07, 6.45) is 7.76. The number of fused-ring (bicyclic) bond motifs is 1. The van der Waals surface area contributed by atoms with E-state index in [1.54, 1.807) is 12.1 Å². The number of ketones is 1. The van der Waals surface area contributed by atoms with Crippen LogP contribution in [0.15, 0.2) is 18.2 Å². The van der Waals surface area contributed by atoms with E-state index in [1.807, 2.05) is 11.8 Å². The Bertz CT molecular complexity index is 723. The van der Waals surface area contributed by atoms with E-state index in [1.165, 1.54) is 6.07 Å². The molecule has 0 radical (unpaired) electrons. The third-order valence-corrected chi connectivity index (χ3v) is 6.66. The van der Waals surface area contributed by atoms with Crippen molar-refractivity contribution in [1.29, 1.82) is 0 Å². The van der Waals surface area contributed by atoms with Gasteiger partial charge in [0.15, 0.2) is 0 Å². The molecule has 158 valence electrons. The quantitative estimate of drug-likeness (QED) is 0.418. The smallest absolute Gasteiger partial charge is 0.526 e. The molecule has 1 atom stereocenters. The molecule has 1 heterocycles. The molecule has 1 aromatic carbocycles. The van der Waals surface area contributed by atoms with Crippen LogP contribution in [-0.2, 0) is 11.2 Å². The first kappa shape index (κ1) is 22.2. The van der Waals surface area contributed by atoms with Crippen LogP contribution in [0.25, 0.3) is 0 Å². The molecule has 1 aliphatic carbocycles. The van der Waals surface area contributed by atoms with Gasteiger partial charge in [-0.25, -0.2) is 4.79 Å². The number of nitrogens with one attached hydrogen (secondary N) is 1. The Hall–Kier alpha value is -1.51. The Morgan fingerprint density at radius 1 is 1.24 bits per heavy atom. The lowest BCUT2D eigenvalue weighted by Gasteiger charge is -2.30. The highest BCUT2D eigenvalue weighted by atomic mass is 32.2. The molecule has 1 aromatic rings. The van der Waals surface area contributed by atoms with Gasteiger partial charge in [0.05, 0.1) is 5.56 Å².